The Morgan fingerprint density at radius 3 is 2.52 bits per heavy atom. The van der Waals surface area contributed by atoms with Crippen molar-refractivity contribution in [1.82, 2.24) is 14.9 Å². The van der Waals surface area contributed by atoms with Gasteiger partial charge in [0.15, 0.2) is 11.7 Å². The van der Waals surface area contributed by atoms with Crippen molar-refractivity contribution in [3.05, 3.63) is 38.7 Å². The number of rotatable bonds is 10. The number of aromatic nitrogens is 2. The summed E-state index contributed by atoms with van der Waals surface area (Å²) in [5, 5.41) is 0. The van der Waals surface area contributed by atoms with Crippen molar-refractivity contribution in [2.45, 2.75) is 19.8 Å². The van der Waals surface area contributed by atoms with Gasteiger partial charge in [0.1, 0.15) is 11.4 Å². The van der Waals surface area contributed by atoms with Crippen molar-refractivity contribution in [1.29, 1.82) is 0 Å². The van der Waals surface area contributed by atoms with Crippen LogP contribution < -0.4 is 9.64 Å². The zero-order valence-corrected chi connectivity index (χ0v) is 21.5. The fraction of sp³-hybridized carbons (Fsp3) is 0.429. The summed E-state index contributed by atoms with van der Waals surface area (Å²) in [6, 6.07) is 4.04. The molecule has 0 unspecified atom stereocenters. The quantitative estimate of drug-likeness (QED) is 0.273. The number of amidine groups is 1. The van der Waals surface area contributed by atoms with E-state index in [-0.39, 0.29) is 5.91 Å². The molecule has 10 heteroatoms. The Labute approximate surface area is 200 Å². The second kappa shape index (κ2) is 12.0. The highest BCUT2D eigenvalue weighted by Crippen LogP contribution is 2.35. The molecule has 8 nitrogen and oxygen atoms in total. The number of nitrogens with zero attached hydrogens (tertiary/aromatic N) is 5. The Morgan fingerprint density at radius 1 is 1.26 bits per heavy atom. The average molecular weight is 556 g/mol. The van der Waals surface area contributed by atoms with Crippen LogP contribution in [0.2, 0.25) is 0 Å². The first kappa shape index (κ1) is 25.1. The van der Waals surface area contributed by atoms with Crippen molar-refractivity contribution in [3.63, 3.8) is 0 Å². The van der Waals surface area contributed by atoms with Crippen LogP contribution in [0.25, 0.3) is 0 Å². The smallest absolute Gasteiger partial charge is 0.219 e. The Hall–Kier alpha value is -2.20. The molecule has 0 saturated heterocycles. The Balaban J connectivity index is 1.91. The number of hydrogen-bond donors (Lipinski definition) is 1. The number of likely N-dealkylation sites (N-methyl/N-ethyl adjacent to an activating group) is 1. The summed E-state index contributed by atoms with van der Waals surface area (Å²) in [7, 11) is 5.63. The van der Waals surface area contributed by atoms with E-state index in [4.69, 9.17) is 4.74 Å². The summed E-state index contributed by atoms with van der Waals surface area (Å²) in [6.45, 7) is 6.90. The number of hydrogen-bond acceptors (Lipinski definition) is 5. The number of carbonyl (C=O) groups excluding carboxylic acids is 1. The number of halogens is 2. The van der Waals surface area contributed by atoms with E-state index in [9.17, 15) is 4.79 Å². The Bertz CT molecular complexity index is 919. The van der Waals surface area contributed by atoms with Crippen LogP contribution in [0.3, 0.4) is 0 Å². The van der Waals surface area contributed by atoms with Crippen LogP contribution in [0.4, 0.5) is 5.82 Å². The highest BCUT2D eigenvalue weighted by atomic mass is 79.9. The zero-order chi connectivity index (χ0) is 23.0. The lowest BCUT2D eigenvalue weighted by atomic mass is 10.1. The van der Waals surface area contributed by atoms with Crippen LogP contribution in [0.5, 0.6) is 5.75 Å². The number of imidazole rings is 1. The Morgan fingerprint density at radius 2 is 1.94 bits per heavy atom. The molecule has 2 aromatic rings. The van der Waals surface area contributed by atoms with Gasteiger partial charge in [-0.2, -0.15) is 0 Å². The number of H-pyrrole nitrogens is 1. The van der Waals surface area contributed by atoms with Gasteiger partial charge in [0, 0.05) is 47.6 Å². The van der Waals surface area contributed by atoms with Crippen LogP contribution in [0.1, 0.15) is 24.6 Å². The maximum atomic E-state index is 11.4. The number of carbonyl (C=O) groups is 1. The molecule has 1 N–H and O–H groups in total. The van der Waals surface area contributed by atoms with Crippen LogP contribution >= 0.6 is 31.9 Å². The molecule has 0 fully saturated rings. The van der Waals surface area contributed by atoms with Crippen LogP contribution in [-0.4, -0.2) is 74.2 Å². The molecule has 1 heterocycles. The van der Waals surface area contributed by atoms with E-state index < -0.39 is 0 Å². The number of benzene rings is 1. The minimum Gasteiger partial charge on any atom is -0.491 e. The third-order valence-electron chi connectivity index (χ3n) is 4.56. The maximum Gasteiger partial charge on any atom is 0.219 e. The van der Waals surface area contributed by atoms with E-state index in [0.29, 0.717) is 32.0 Å². The summed E-state index contributed by atoms with van der Waals surface area (Å²) in [5.74, 6) is 2.10. The van der Waals surface area contributed by atoms with Crippen molar-refractivity contribution < 1.29 is 9.53 Å². The lowest BCUT2D eigenvalue weighted by Crippen LogP contribution is -2.26. The fourth-order valence-electron chi connectivity index (χ4n) is 2.77. The van der Waals surface area contributed by atoms with Gasteiger partial charge in [0.2, 0.25) is 5.91 Å². The van der Waals surface area contributed by atoms with Gasteiger partial charge in [0.25, 0.3) is 0 Å². The molecular formula is C21H28Br2N6O2. The minimum atomic E-state index is 0.0565. The largest absolute Gasteiger partial charge is 0.491 e. The van der Waals surface area contributed by atoms with E-state index in [2.05, 4.69) is 58.5 Å². The van der Waals surface area contributed by atoms with Gasteiger partial charge >= 0.3 is 0 Å². The lowest BCUT2D eigenvalue weighted by molar-refractivity contribution is -0.127. The van der Waals surface area contributed by atoms with Crippen molar-refractivity contribution in [2.75, 3.05) is 45.7 Å². The summed E-state index contributed by atoms with van der Waals surface area (Å²) < 4.78 is 7.69. The fourth-order valence-corrected chi connectivity index (χ4v) is 4.28. The molecule has 0 bridgehead atoms. The van der Waals surface area contributed by atoms with Crippen LogP contribution in [0, 0.1) is 0 Å². The first-order valence-corrected chi connectivity index (χ1v) is 11.4. The molecule has 1 aromatic heterocycles. The van der Waals surface area contributed by atoms with Gasteiger partial charge in [-0.15, -0.1) is 0 Å². The second-order valence-electron chi connectivity index (χ2n) is 7.14. The van der Waals surface area contributed by atoms with E-state index in [1.54, 1.807) is 25.2 Å². The van der Waals surface area contributed by atoms with E-state index in [1.165, 1.54) is 0 Å². The van der Waals surface area contributed by atoms with Gasteiger partial charge in [-0.3, -0.25) is 9.79 Å². The number of aromatic amines is 1. The molecule has 2 rings (SSSR count). The number of amides is 1. The highest BCUT2D eigenvalue weighted by Gasteiger charge is 2.13. The zero-order valence-electron chi connectivity index (χ0n) is 18.3. The van der Waals surface area contributed by atoms with Crippen LogP contribution in [-0.2, 0) is 11.2 Å². The van der Waals surface area contributed by atoms with Crippen molar-refractivity contribution in [3.8, 4) is 5.75 Å². The Kier molecular flexibility index (Phi) is 9.70. The molecule has 0 saturated carbocycles. The lowest BCUT2D eigenvalue weighted by Gasteiger charge is -2.16. The normalized spacial score (nSPS) is 11.4. The number of anilines is 1. The van der Waals surface area contributed by atoms with Crippen LogP contribution in [0.15, 0.2) is 37.4 Å². The van der Waals surface area contributed by atoms with Gasteiger partial charge in [-0.1, -0.05) is 0 Å². The summed E-state index contributed by atoms with van der Waals surface area (Å²) in [4.78, 5) is 30.9. The summed E-state index contributed by atoms with van der Waals surface area (Å²) >= 11 is 7.17. The van der Waals surface area contributed by atoms with Gasteiger partial charge in [-0.25, -0.2) is 9.98 Å². The standard InChI is InChI=1S/C21H28Br2N6O2/c1-14(30)29(5)9-7-15-11-16(22)19(17(23)12-15)31-10-6-8-25-20(24-2)18-21(28(3)4)27-13-26-18/h11-13H,2,6-10H2,1,3-5H3,(H,26,27). The molecule has 1 amide bonds. The van der Waals surface area contributed by atoms with Gasteiger partial charge < -0.3 is 19.5 Å². The topological polar surface area (TPSA) is 86.2 Å². The van der Waals surface area contributed by atoms with E-state index >= 15 is 0 Å². The van der Waals surface area contributed by atoms with E-state index in [1.807, 2.05) is 31.1 Å². The number of nitrogens with one attached hydrogen (secondary N) is 1. The summed E-state index contributed by atoms with van der Waals surface area (Å²) in [6.07, 6.45) is 3.10. The molecule has 0 radical (unpaired) electrons. The predicted octanol–water partition coefficient (Wildman–Crippen LogP) is 3.94. The second-order valence-corrected chi connectivity index (χ2v) is 8.85. The first-order chi connectivity index (χ1) is 14.7. The third kappa shape index (κ3) is 7.17. The van der Waals surface area contributed by atoms with E-state index in [0.717, 1.165) is 38.2 Å². The molecule has 168 valence electrons. The maximum absolute atomic E-state index is 11.4. The molecule has 0 aliphatic rings. The minimum absolute atomic E-state index is 0.0565. The predicted molar refractivity (Wildman–Crippen MR) is 133 cm³/mol. The molecule has 1 aromatic carbocycles. The molecule has 0 aliphatic carbocycles. The average Bonchev–Trinajstić information content (AvgIpc) is 3.20. The van der Waals surface area contributed by atoms with Crippen molar-refractivity contribution >= 4 is 56.1 Å². The molecule has 31 heavy (non-hydrogen) atoms. The SMILES string of the molecule is C=NC(=NCCCOc1c(Br)cc(CCN(C)C(C)=O)cc1Br)c1[nH]cnc1N(C)C. The molecule has 0 atom stereocenters. The monoisotopic (exact) mass is 554 g/mol. The van der Waals surface area contributed by atoms with Crippen molar-refractivity contribution in [2.24, 2.45) is 9.98 Å². The molecule has 0 spiro atoms. The third-order valence-corrected chi connectivity index (χ3v) is 5.74. The highest BCUT2D eigenvalue weighted by molar-refractivity contribution is 9.11. The summed E-state index contributed by atoms with van der Waals surface area (Å²) in [5.41, 5.74) is 1.86. The molecular weight excluding hydrogens is 528 g/mol. The molecule has 0 aliphatic heterocycles. The van der Waals surface area contributed by atoms with Gasteiger partial charge in [-0.05, 0) is 62.7 Å². The number of aliphatic imine (C=N–C) groups is 2. The van der Waals surface area contributed by atoms with Gasteiger partial charge in [0.05, 0.1) is 21.9 Å². The number of ether oxygens (including phenoxy) is 1. The first-order valence-electron chi connectivity index (χ1n) is 9.79.